The molecule has 2 heteroatoms. The first-order valence-electron chi connectivity index (χ1n) is 10.3. The molecule has 2 fully saturated rings. The van der Waals surface area contributed by atoms with E-state index in [0.29, 0.717) is 17.6 Å². The van der Waals surface area contributed by atoms with Crippen LogP contribution in [0.5, 0.6) is 0 Å². The molecule has 25 heavy (non-hydrogen) atoms. The highest BCUT2D eigenvalue weighted by atomic mass is 16.5. The van der Waals surface area contributed by atoms with Crippen LogP contribution in [0.4, 0.5) is 0 Å². The van der Waals surface area contributed by atoms with Gasteiger partial charge in [0.1, 0.15) is 0 Å². The van der Waals surface area contributed by atoms with E-state index in [0.717, 1.165) is 25.0 Å². The van der Waals surface area contributed by atoms with Crippen LogP contribution in [-0.4, -0.2) is 36.2 Å². The number of nitrogens with zero attached hydrogens (tertiary/aromatic N) is 1. The lowest BCUT2D eigenvalue weighted by atomic mass is 9.83. The molecule has 1 aliphatic carbocycles. The van der Waals surface area contributed by atoms with Gasteiger partial charge in [0.15, 0.2) is 0 Å². The molecule has 2 aliphatic rings. The summed E-state index contributed by atoms with van der Waals surface area (Å²) in [5.41, 5.74) is 3.44. The Morgan fingerprint density at radius 1 is 1.04 bits per heavy atom. The predicted molar refractivity (Wildman–Crippen MR) is 106 cm³/mol. The number of hydrogen-bond donors (Lipinski definition) is 0. The van der Waals surface area contributed by atoms with Crippen LogP contribution in [0.1, 0.15) is 77.3 Å². The highest BCUT2D eigenvalue weighted by Gasteiger charge is 2.33. The molecule has 2 nitrogen and oxygen atoms in total. The fraction of sp³-hybridized carbons (Fsp3) is 0.739. The Morgan fingerprint density at radius 2 is 1.68 bits per heavy atom. The van der Waals surface area contributed by atoms with Crippen molar-refractivity contribution < 1.29 is 4.74 Å². The first kappa shape index (κ1) is 18.9. The number of rotatable bonds is 5. The summed E-state index contributed by atoms with van der Waals surface area (Å²) < 4.78 is 5.91. The Labute approximate surface area is 154 Å². The summed E-state index contributed by atoms with van der Waals surface area (Å²) in [6.07, 6.45) is 7.17. The molecule has 1 aliphatic heterocycles. The Hall–Kier alpha value is -0.860. The van der Waals surface area contributed by atoms with E-state index in [1.165, 1.54) is 37.7 Å². The summed E-state index contributed by atoms with van der Waals surface area (Å²) in [6.45, 7) is 13.7. The minimum Gasteiger partial charge on any atom is -0.373 e. The molecule has 0 unspecified atom stereocenters. The van der Waals surface area contributed by atoms with Gasteiger partial charge in [0.2, 0.25) is 0 Å². The molecule has 0 aromatic heterocycles. The number of ether oxygens (including phenoxy) is 1. The molecular formula is C23H37NO. The molecule has 0 N–H and O–H groups in total. The van der Waals surface area contributed by atoms with Crippen molar-refractivity contribution in [2.24, 2.45) is 5.41 Å². The maximum atomic E-state index is 5.91. The smallest absolute Gasteiger partial charge is 0.0678 e. The van der Waals surface area contributed by atoms with Crippen LogP contribution in [-0.2, 0) is 11.2 Å². The first-order chi connectivity index (χ1) is 11.9. The third-order valence-corrected chi connectivity index (χ3v) is 6.46. The lowest BCUT2D eigenvalue weighted by Gasteiger charge is -2.39. The van der Waals surface area contributed by atoms with Crippen molar-refractivity contribution in [2.75, 3.05) is 13.1 Å². The van der Waals surface area contributed by atoms with Crippen LogP contribution in [0, 0.1) is 5.41 Å². The third kappa shape index (κ3) is 4.86. The summed E-state index contributed by atoms with van der Waals surface area (Å²) >= 11 is 0. The van der Waals surface area contributed by atoms with Gasteiger partial charge in [-0.3, -0.25) is 4.90 Å². The Morgan fingerprint density at radius 3 is 2.28 bits per heavy atom. The average Bonchev–Trinajstić information content (AvgIpc) is 3.04. The van der Waals surface area contributed by atoms with Crippen molar-refractivity contribution in [1.29, 1.82) is 0 Å². The standard InChI is InChI=1S/C23H37NO/c1-6-23(4,5)14-19-7-9-20(10-8-19)21-11-12-22(13-21)24-15-17(2)25-18(3)16-24/h7-10,17-18,21-22H,6,11-16H2,1-5H3/t17-,18+,21-,22+/m1/s1. The topological polar surface area (TPSA) is 12.5 Å². The van der Waals surface area contributed by atoms with E-state index in [9.17, 15) is 0 Å². The maximum Gasteiger partial charge on any atom is 0.0678 e. The number of hydrogen-bond acceptors (Lipinski definition) is 2. The minimum absolute atomic E-state index is 0.379. The van der Waals surface area contributed by atoms with Crippen LogP contribution >= 0.6 is 0 Å². The molecule has 4 atom stereocenters. The monoisotopic (exact) mass is 343 g/mol. The van der Waals surface area contributed by atoms with E-state index in [1.54, 1.807) is 5.56 Å². The zero-order valence-corrected chi connectivity index (χ0v) is 16.9. The van der Waals surface area contributed by atoms with Gasteiger partial charge in [-0.15, -0.1) is 0 Å². The summed E-state index contributed by atoms with van der Waals surface area (Å²) in [7, 11) is 0. The van der Waals surface area contributed by atoms with Crippen molar-refractivity contribution in [1.82, 2.24) is 4.90 Å². The highest BCUT2D eigenvalue weighted by Crippen LogP contribution is 2.38. The predicted octanol–water partition coefficient (Wildman–Crippen LogP) is 5.41. The zero-order valence-electron chi connectivity index (χ0n) is 16.9. The quantitative estimate of drug-likeness (QED) is 0.708. The van der Waals surface area contributed by atoms with Gasteiger partial charge in [-0.25, -0.2) is 0 Å². The Kier molecular flexibility index (Phi) is 5.90. The molecule has 3 rings (SSSR count). The van der Waals surface area contributed by atoms with Gasteiger partial charge in [0.25, 0.3) is 0 Å². The second kappa shape index (κ2) is 7.80. The lowest BCUT2D eigenvalue weighted by molar-refractivity contribution is -0.0796. The van der Waals surface area contributed by atoms with E-state index in [4.69, 9.17) is 4.74 Å². The molecular weight excluding hydrogens is 306 g/mol. The fourth-order valence-electron chi connectivity index (χ4n) is 4.69. The molecule has 1 saturated carbocycles. The van der Waals surface area contributed by atoms with E-state index in [1.807, 2.05) is 0 Å². The molecule has 1 aromatic rings. The van der Waals surface area contributed by atoms with Crippen LogP contribution in [0.15, 0.2) is 24.3 Å². The molecule has 140 valence electrons. The molecule has 0 amide bonds. The Bertz CT molecular complexity index is 540. The van der Waals surface area contributed by atoms with Gasteiger partial charge in [0.05, 0.1) is 12.2 Å². The van der Waals surface area contributed by atoms with Crippen molar-refractivity contribution in [3.8, 4) is 0 Å². The summed E-state index contributed by atoms with van der Waals surface area (Å²) in [5.74, 6) is 0.742. The van der Waals surface area contributed by atoms with Gasteiger partial charge < -0.3 is 4.74 Å². The van der Waals surface area contributed by atoms with Gasteiger partial charge in [-0.05, 0) is 62.0 Å². The molecule has 0 radical (unpaired) electrons. The van der Waals surface area contributed by atoms with E-state index in [-0.39, 0.29) is 0 Å². The van der Waals surface area contributed by atoms with Gasteiger partial charge in [0, 0.05) is 19.1 Å². The lowest BCUT2D eigenvalue weighted by Crippen LogP contribution is -2.49. The normalized spacial score (nSPS) is 31.4. The molecule has 1 saturated heterocycles. The van der Waals surface area contributed by atoms with Crippen LogP contribution in [0.3, 0.4) is 0 Å². The van der Waals surface area contributed by atoms with Crippen LogP contribution in [0.2, 0.25) is 0 Å². The maximum absolute atomic E-state index is 5.91. The summed E-state index contributed by atoms with van der Waals surface area (Å²) in [4.78, 5) is 2.69. The largest absolute Gasteiger partial charge is 0.373 e. The average molecular weight is 344 g/mol. The minimum atomic E-state index is 0.379. The molecule has 0 spiro atoms. The van der Waals surface area contributed by atoms with Crippen molar-refractivity contribution in [3.63, 3.8) is 0 Å². The second-order valence-corrected chi connectivity index (χ2v) is 9.31. The SMILES string of the molecule is CCC(C)(C)Cc1ccc([C@@H]2CC[C@H](N3C[C@@H](C)O[C@@H](C)C3)C2)cc1. The van der Waals surface area contributed by atoms with Crippen LogP contribution < -0.4 is 0 Å². The van der Waals surface area contributed by atoms with E-state index >= 15 is 0 Å². The Balaban J connectivity index is 1.58. The second-order valence-electron chi connectivity index (χ2n) is 9.31. The van der Waals surface area contributed by atoms with Crippen LogP contribution in [0.25, 0.3) is 0 Å². The van der Waals surface area contributed by atoms with E-state index < -0.39 is 0 Å². The van der Waals surface area contributed by atoms with Crippen molar-refractivity contribution >= 4 is 0 Å². The van der Waals surface area contributed by atoms with Gasteiger partial charge >= 0.3 is 0 Å². The number of benzene rings is 1. The first-order valence-corrected chi connectivity index (χ1v) is 10.3. The zero-order chi connectivity index (χ0) is 18.0. The van der Waals surface area contributed by atoms with Gasteiger partial charge in [-0.2, -0.15) is 0 Å². The third-order valence-electron chi connectivity index (χ3n) is 6.46. The van der Waals surface area contributed by atoms with E-state index in [2.05, 4.69) is 63.8 Å². The van der Waals surface area contributed by atoms with Crippen molar-refractivity contribution in [2.45, 2.75) is 90.9 Å². The highest BCUT2D eigenvalue weighted by molar-refractivity contribution is 5.27. The number of morpholine rings is 1. The van der Waals surface area contributed by atoms with Gasteiger partial charge in [-0.1, -0.05) is 51.5 Å². The molecule has 1 heterocycles. The summed E-state index contributed by atoms with van der Waals surface area (Å²) in [6, 6.07) is 10.3. The molecule has 1 aromatic carbocycles. The van der Waals surface area contributed by atoms with Crippen molar-refractivity contribution in [3.05, 3.63) is 35.4 Å². The summed E-state index contributed by atoms with van der Waals surface area (Å²) in [5, 5.41) is 0. The molecule has 0 bridgehead atoms. The fourth-order valence-corrected chi connectivity index (χ4v) is 4.69.